The Balaban J connectivity index is 1.71. The van der Waals surface area contributed by atoms with Crippen molar-refractivity contribution in [2.45, 2.75) is 69.5 Å². The number of methoxy groups -OCH3 is 1. The van der Waals surface area contributed by atoms with Gasteiger partial charge >= 0.3 is 5.97 Å². The molecule has 0 aliphatic carbocycles. The van der Waals surface area contributed by atoms with Crippen LogP contribution in [0.25, 0.3) is 0 Å². The smallest absolute Gasteiger partial charge is 0.335 e. The number of likely N-dealkylation sites (tertiary alicyclic amines) is 1. The molecule has 49 heavy (non-hydrogen) atoms. The minimum atomic E-state index is -1.21. The van der Waals surface area contributed by atoms with Crippen LogP contribution in [0.15, 0.2) is 54.6 Å². The minimum absolute atomic E-state index is 0.0184. The summed E-state index contributed by atoms with van der Waals surface area (Å²) in [4.78, 5) is 28.4. The fourth-order valence-electron chi connectivity index (χ4n) is 7.49. The Labute approximate surface area is 296 Å². The fourth-order valence-corrected chi connectivity index (χ4v) is 7.83. The highest BCUT2D eigenvalue weighted by Gasteiger charge is 2.60. The third-order valence-corrected chi connectivity index (χ3v) is 10.4. The largest absolute Gasteiger partial charge is 0.495 e. The van der Waals surface area contributed by atoms with Crippen LogP contribution in [0, 0.1) is 17.0 Å². The number of halogens is 4. The van der Waals surface area contributed by atoms with E-state index in [1.807, 2.05) is 0 Å². The van der Waals surface area contributed by atoms with Gasteiger partial charge in [-0.15, -0.1) is 0 Å². The summed E-state index contributed by atoms with van der Waals surface area (Å²) in [5.41, 5.74) is -0.813. The van der Waals surface area contributed by atoms with Gasteiger partial charge in [-0.25, -0.2) is 13.6 Å². The summed E-state index contributed by atoms with van der Waals surface area (Å²) in [5, 5.41) is 19.8. The van der Waals surface area contributed by atoms with Gasteiger partial charge in [-0.2, -0.15) is 0 Å². The summed E-state index contributed by atoms with van der Waals surface area (Å²) in [6, 6.07) is 11.8. The number of nitrogens with one attached hydrogen (secondary N) is 3. The maximum Gasteiger partial charge on any atom is 0.335 e. The molecule has 0 saturated carbocycles. The summed E-state index contributed by atoms with van der Waals surface area (Å²) >= 11 is 12.7. The number of piperidine rings is 1. The SMILES string of the molecule is COc1cc(C(=O)O)ccc1NC(=O)[C@@H]1N[C@@H](CC(C)(C)C)[C@](CNC2CCN(C)CC2)(c2ccc(Cl)cc2F)[C@H]1c1cccc(Cl)c1F. The van der Waals surface area contributed by atoms with Crippen LogP contribution in [0.2, 0.25) is 10.0 Å². The van der Waals surface area contributed by atoms with Crippen molar-refractivity contribution in [3.8, 4) is 5.75 Å². The number of carboxylic acid groups (broad SMARTS) is 1. The zero-order valence-electron chi connectivity index (χ0n) is 28.4. The Morgan fingerprint density at radius 3 is 2.43 bits per heavy atom. The monoisotopic (exact) mass is 716 g/mol. The van der Waals surface area contributed by atoms with Crippen molar-refractivity contribution in [3.63, 3.8) is 0 Å². The first kappa shape index (κ1) is 37.0. The van der Waals surface area contributed by atoms with E-state index < -0.39 is 46.9 Å². The Morgan fingerprint density at radius 2 is 1.80 bits per heavy atom. The Morgan fingerprint density at radius 1 is 1.08 bits per heavy atom. The maximum absolute atomic E-state index is 16.5. The molecule has 264 valence electrons. The molecule has 8 nitrogen and oxygen atoms in total. The Kier molecular flexibility index (Phi) is 11.3. The molecule has 2 fully saturated rings. The molecule has 5 rings (SSSR count). The number of amides is 1. The lowest BCUT2D eigenvalue weighted by molar-refractivity contribution is -0.118. The molecule has 12 heteroatoms. The van der Waals surface area contributed by atoms with Crippen molar-refractivity contribution in [1.29, 1.82) is 0 Å². The first-order valence-corrected chi connectivity index (χ1v) is 17.2. The molecule has 1 amide bonds. The van der Waals surface area contributed by atoms with Crippen LogP contribution >= 0.6 is 23.2 Å². The number of benzene rings is 3. The van der Waals surface area contributed by atoms with Crippen molar-refractivity contribution in [1.82, 2.24) is 15.5 Å². The summed E-state index contributed by atoms with van der Waals surface area (Å²) < 4.78 is 38.3. The number of hydrogen-bond donors (Lipinski definition) is 4. The fraction of sp³-hybridized carbons (Fsp3) is 0.459. The quantitative estimate of drug-likeness (QED) is 0.178. The molecule has 4 N–H and O–H groups in total. The van der Waals surface area contributed by atoms with Gasteiger partial charge < -0.3 is 30.7 Å². The van der Waals surface area contributed by atoms with Gasteiger partial charge in [0.05, 0.1) is 29.4 Å². The van der Waals surface area contributed by atoms with Crippen molar-refractivity contribution in [2.75, 3.05) is 39.1 Å². The summed E-state index contributed by atoms with van der Waals surface area (Å²) in [7, 11) is 3.45. The van der Waals surface area contributed by atoms with E-state index in [-0.39, 0.29) is 50.6 Å². The summed E-state index contributed by atoms with van der Waals surface area (Å²) in [6.07, 6.45) is 2.25. The molecule has 0 unspecified atom stereocenters. The van der Waals surface area contributed by atoms with Crippen LogP contribution in [0.4, 0.5) is 14.5 Å². The van der Waals surface area contributed by atoms with Crippen LogP contribution in [-0.2, 0) is 10.2 Å². The van der Waals surface area contributed by atoms with Crippen molar-refractivity contribution in [2.24, 2.45) is 5.41 Å². The number of ether oxygens (including phenoxy) is 1. The van der Waals surface area contributed by atoms with Crippen LogP contribution in [0.1, 0.15) is 67.4 Å². The van der Waals surface area contributed by atoms with Crippen LogP contribution in [-0.4, -0.2) is 73.8 Å². The van der Waals surface area contributed by atoms with Gasteiger partial charge in [0, 0.05) is 35.0 Å². The van der Waals surface area contributed by atoms with Crippen LogP contribution in [0.3, 0.4) is 0 Å². The first-order chi connectivity index (χ1) is 23.1. The maximum atomic E-state index is 16.5. The second-order valence-corrected chi connectivity index (χ2v) is 15.3. The van der Waals surface area contributed by atoms with Crippen molar-refractivity contribution in [3.05, 3.63) is 93.0 Å². The van der Waals surface area contributed by atoms with Gasteiger partial charge in [-0.05, 0) is 92.3 Å². The van der Waals surface area contributed by atoms with E-state index in [4.69, 9.17) is 27.9 Å². The van der Waals surface area contributed by atoms with Gasteiger partial charge in [0.2, 0.25) is 5.91 Å². The van der Waals surface area contributed by atoms with E-state index >= 15 is 8.78 Å². The standard InChI is InChI=1S/C37H44Cl2F2N4O4/c1-36(2,3)19-30-37(25-11-10-22(38)18-27(25)40,20-42-23-13-15-45(4)16-14-23)31(24-7-6-8-26(39)32(24)41)33(44-30)34(46)43-28-12-9-21(35(47)48)17-29(28)49-5/h6-12,17-18,23,30-31,33,42,44H,13-16,19-20H2,1-5H3,(H,43,46)(H,47,48)/t30-,31-,33+,37-/m0/s1. The number of rotatable bonds is 10. The molecule has 4 atom stereocenters. The summed E-state index contributed by atoms with van der Waals surface area (Å²) in [5.74, 6) is -3.74. The Hall–Kier alpha value is -3.28. The second-order valence-electron chi connectivity index (χ2n) is 14.4. The van der Waals surface area contributed by atoms with Gasteiger partial charge in [-0.3, -0.25) is 4.79 Å². The molecule has 3 aromatic carbocycles. The number of carboxylic acids is 1. The lowest BCUT2D eigenvalue weighted by Gasteiger charge is -2.44. The molecule has 2 aliphatic rings. The minimum Gasteiger partial charge on any atom is -0.495 e. The van der Waals surface area contributed by atoms with Crippen LogP contribution < -0.4 is 20.7 Å². The highest BCUT2D eigenvalue weighted by atomic mass is 35.5. The Bertz CT molecular complexity index is 1700. The lowest BCUT2D eigenvalue weighted by atomic mass is 9.61. The molecule has 0 radical (unpaired) electrons. The third kappa shape index (κ3) is 7.89. The predicted octanol–water partition coefficient (Wildman–Crippen LogP) is 7.10. The van der Waals surface area contributed by atoms with E-state index in [0.29, 0.717) is 12.0 Å². The average Bonchev–Trinajstić information content (AvgIpc) is 3.34. The molecule has 2 saturated heterocycles. The molecule has 2 aliphatic heterocycles. The zero-order valence-corrected chi connectivity index (χ0v) is 29.9. The van der Waals surface area contributed by atoms with Gasteiger partial charge in [0.15, 0.2) is 0 Å². The van der Waals surface area contributed by atoms with E-state index in [1.54, 1.807) is 24.3 Å². The van der Waals surface area contributed by atoms with Crippen molar-refractivity contribution < 1.29 is 28.2 Å². The van der Waals surface area contributed by atoms with Gasteiger partial charge in [0.1, 0.15) is 17.4 Å². The zero-order chi connectivity index (χ0) is 35.7. The van der Waals surface area contributed by atoms with Gasteiger partial charge in [0.25, 0.3) is 0 Å². The van der Waals surface area contributed by atoms with Crippen LogP contribution in [0.5, 0.6) is 5.75 Å². The lowest BCUT2D eigenvalue weighted by Crippen LogP contribution is -2.54. The number of hydrogen-bond acceptors (Lipinski definition) is 6. The van der Waals surface area contributed by atoms with E-state index in [9.17, 15) is 14.7 Å². The van der Waals surface area contributed by atoms with E-state index in [0.717, 1.165) is 25.9 Å². The van der Waals surface area contributed by atoms with E-state index in [2.05, 4.69) is 48.7 Å². The number of nitrogens with zero attached hydrogens (tertiary/aromatic N) is 1. The molecule has 0 spiro atoms. The molecular weight excluding hydrogens is 673 g/mol. The predicted molar refractivity (Wildman–Crippen MR) is 189 cm³/mol. The molecule has 3 aromatic rings. The highest BCUT2D eigenvalue weighted by molar-refractivity contribution is 6.31. The number of aromatic carboxylic acids is 1. The number of anilines is 1. The van der Waals surface area contributed by atoms with E-state index in [1.165, 1.54) is 37.4 Å². The average molecular weight is 718 g/mol. The van der Waals surface area contributed by atoms with Crippen molar-refractivity contribution >= 4 is 40.8 Å². The normalized spacial score (nSPS) is 23.4. The third-order valence-electron chi connectivity index (χ3n) is 9.85. The molecule has 0 aromatic heterocycles. The topological polar surface area (TPSA) is 103 Å². The first-order valence-electron chi connectivity index (χ1n) is 16.4. The highest BCUT2D eigenvalue weighted by Crippen LogP contribution is 2.53. The van der Waals surface area contributed by atoms with Gasteiger partial charge in [-0.1, -0.05) is 62.2 Å². The summed E-state index contributed by atoms with van der Waals surface area (Å²) in [6.45, 7) is 8.22. The second kappa shape index (κ2) is 14.9. The molecular formula is C37H44Cl2F2N4O4. The number of carbonyl (C=O) groups is 2. The molecule has 2 heterocycles. The molecule has 0 bridgehead atoms. The number of carbonyl (C=O) groups excluding carboxylic acids is 1.